The maximum atomic E-state index is 12.4. The van der Waals surface area contributed by atoms with Gasteiger partial charge in [0.05, 0.1) is 10.9 Å². The lowest BCUT2D eigenvalue weighted by Gasteiger charge is -2.20. The van der Waals surface area contributed by atoms with E-state index in [0.717, 1.165) is 11.1 Å². The summed E-state index contributed by atoms with van der Waals surface area (Å²) in [7, 11) is 0. The Kier molecular flexibility index (Phi) is 6.00. The summed E-state index contributed by atoms with van der Waals surface area (Å²) >= 11 is 7.08. The van der Waals surface area contributed by atoms with Crippen molar-refractivity contribution in [2.24, 2.45) is 0 Å². The minimum atomic E-state index is -0.328. The normalized spacial score (nSPS) is 15.0. The van der Waals surface area contributed by atoms with E-state index in [1.54, 1.807) is 0 Å². The number of rotatable bonds is 5. The molecule has 0 aromatic heterocycles. The van der Waals surface area contributed by atoms with E-state index in [-0.39, 0.29) is 21.6 Å². The molecule has 0 heterocycles. The SMILES string of the molecule is C[C@@H](NC(=O)[C@H](Br)[C@H](Br)c1ccccc1)c1ccccc1. The molecule has 2 nitrogen and oxygen atoms in total. The molecule has 0 spiro atoms. The third kappa shape index (κ3) is 4.42. The number of carbonyl (C=O) groups is 1. The summed E-state index contributed by atoms with van der Waals surface area (Å²) in [6.45, 7) is 1.98. The summed E-state index contributed by atoms with van der Waals surface area (Å²) in [4.78, 5) is 12.0. The fourth-order valence-electron chi connectivity index (χ4n) is 2.06. The Balaban J connectivity index is 2.00. The van der Waals surface area contributed by atoms with Gasteiger partial charge in [-0.1, -0.05) is 92.5 Å². The van der Waals surface area contributed by atoms with Crippen molar-refractivity contribution in [1.82, 2.24) is 5.32 Å². The molecule has 3 atom stereocenters. The van der Waals surface area contributed by atoms with Crippen LogP contribution in [0.5, 0.6) is 0 Å². The van der Waals surface area contributed by atoms with Crippen molar-refractivity contribution in [3.8, 4) is 0 Å². The second-order valence-corrected chi connectivity index (χ2v) is 6.83. The van der Waals surface area contributed by atoms with Gasteiger partial charge < -0.3 is 5.32 Å². The Morgan fingerprint density at radius 1 is 0.905 bits per heavy atom. The minimum absolute atomic E-state index is 0.0192. The molecule has 1 amide bonds. The maximum Gasteiger partial charge on any atom is 0.235 e. The van der Waals surface area contributed by atoms with Gasteiger partial charge in [-0.2, -0.15) is 0 Å². The van der Waals surface area contributed by atoms with Gasteiger partial charge >= 0.3 is 0 Å². The third-order valence-corrected chi connectivity index (χ3v) is 6.00. The minimum Gasteiger partial charge on any atom is -0.349 e. The van der Waals surface area contributed by atoms with Gasteiger partial charge in [0.1, 0.15) is 4.83 Å². The lowest BCUT2D eigenvalue weighted by Crippen LogP contribution is -2.35. The lowest BCUT2D eigenvalue weighted by atomic mass is 10.1. The van der Waals surface area contributed by atoms with E-state index in [2.05, 4.69) is 37.2 Å². The molecular formula is C17H17Br2NO. The largest absolute Gasteiger partial charge is 0.349 e. The quantitative estimate of drug-likeness (QED) is 0.707. The maximum absolute atomic E-state index is 12.4. The number of benzene rings is 2. The first kappa shape index (κ1) is 16.2. The van der Waals surface area contributed by atoms with Gasteiger partial charge in [-0.15, -0.1) is 0 Å². The van der Waals surface area contributed by atoms with Crippen LogP contribution in [0.25, 0.3) is 0 Å². The molecule has 21 heavy (non-hydrogen) atoms. The van der Waals surface area contributed by atoms with E-state index in [1.165, 1.54) is 0 Å². The first-order valence-corrected chi connectivity index (χ1v) is 8.61. The molecule has 110 valence electrons. The number of alkyl halides is 2. The van der Waals surface area contributed by atoms with Crippen LogP contribution in [0.4, 0.5) is 0 Å². The summed E-state index contributed by atoms with van der Waals surface area (Å²) in [5.41, 5.74) is 2.17. The highest BCUT2D eigenvalue weighted by Gasteiger charge is 2.25. The molecule has 2 aromatic rings. The van der Waals surface area contributed by atoms with Crippen molar-refractivity contribution < 1.29 is 4.79 Å². The average Bonchev–Trinajstić information content (AvgIpc) is 2.55. The van der Waals surface area contributed by atoms with Gasteiger partial charge in [-0.3, -0.25) is 4.79 Å². The monoisotopic (exact) mass is 409 g/mol. The molecule has 0 fully saturated rings. The van der Waals surface area contributed by atoms with Gasteiger partial charge in [0.25, 0.3) is 0 Å². The number of carbonyl (C=O) groups excluding carboxylic acids is 1. The van der Waals surface area contributed by atoms with Crippen LogP contribution >= 0.6 is 31.9 Å². The summed E-state index contributed by atoms with van der Waals surface area (Å²) in [6, 6.07) is 19.8. The molecule has 2 aromatic carbocycles. The standard InChI is InChI=1S/C17H17Br2NO/c1-12(13-8-4-2-5-9-13)20-17(21)16(19)15(18)14-10-6-3-7-11-14/h2-12,15-16H,1H3,(H,20,21)/t12-,15-,16-/m1/s1. The summed E-state index contributed by atoms with van der Waals surface area (Å²) in [6.07, 6.45) is 0. The number of nitrogens with one attached hydrogen (secondary N) is 1. The second-order valence-electron chi connectivity index (χ2n) is 4.86. The molecule has 0 saturated carbocycles. The van der Waals surface area contributed by atoms with Gasteiger partial charge in [0.15, 0.2) is 0 Å². The molecule has 0 aliphatic carbocycles. The molecule has 4 heteroatoms. The lowest BCUT2D eigenvalue weighted by molar-refractivity contribution is -0.121. The number of hydrogen-bond acceptors (Lipinski definition) is 1. The van der Waals surface area contributed by atoms with Crippen LogP contribution in [0.1, 0.15) is 28.9 Å². The van der Waals surface area contributed by atoms with Crippen molar-refractivity contribution >= 4 is 37.8 Å². The van der Waals surface area contributed by atoms with Crippen molar-refractivity contribution in [3.63, 3.8) is 0 Å². The van der Waals surface area contributed by atoms with Crippen LogP contribution in [0.3, 0.4) is 0 Å². The van der Waals surface area contributed by atoms with E-state index < -0.39 is 0 Å². The van der Waals surface area contributed by atoms with Gasteiger partial charge in [-0.05, 0) is 18.1 Å². The summed E-state index contributed by atoms with van der Waals surface area (Å²) < 4.78 is 0. The highest BCUT2D eigenvalue weighted by atomic mass is 79.9. The molecule has 0 radical (unpaired) electrons. The topological polar surface area (TPSA) is 29.1 Å². The van der Waals surface area contributed by atoms with Crippen LogP contribution in [-0.2, 0) is 4.79 Å². The van der Waals surface area contributed by atoms with E-state index in [1.807, 2.05) is 67.6 Å². The number of hydrogen-bond donors (Lipinski definition) is 1. The van der Waals surface area contributed by atoms with Gasteiger partial charge in [-0.25, -0.2) is 0 Å². The zero-order valence-corrected chi connectivity index (χ0v) is 14.8. The Morgan fingerprint density at radius 3 is 1.90 bits per heavy atom. The molecule has 0 bridgehead atoms. The molecule has 0 saturated heterocycles. The average molecular weight is 411 g/mol. The van der Waals surface area contributed by atoms with Crippen molar-refractivity contribution in [1.29, 1.82) is 0 Å². The predicted molar refractivity (Wildman–Crippen MR) is 93.8 cm³/mol. The predicted octanol–water partition coefficient (Wildman–Crippen LogP) is 4.76. The number of amides is 1. The number of halogens is 2. The Labute approximate surface area is 142 Å². The first-order valence-electron chi connectivity index (χ1n) is 6.78. The van der Waals surface area contributed by atoms with E-state index >= 15 is 0 Å². The van der Waals surface area contributed by atoms with Crippen LogP contribution in [-0.4, -0.2) is 10.7 Å². The van der Waals surface area contributed by atoms with Gasteiger partial charge in [0.2, 0.25) is 5.91 Å². The Morgan fingerprint density at radius 2 is 1.38 bits per heavy atom. The van der Waals surface area contributed by atoms with Crippen molar-refractivity contribution in [2.75, 3.05) is 0 Å². The summed E-state index contributed by atoms with van der Waals surface area (Å²) in [5, 5.41) is 3.03. The van der Waals surface area contributed by atoms with Gasteiger partial charge in [0, 0.05) is 0 Å². The second kappa shape index (κ2) is 7.76. The fourth-order valence-corrected chi connectivity index (χ4v) is 3.04. The van der Waals surface area contributed by atoms with Crippen LogP contribution < -0.4 is 5.32 Å². The molecular weight excluding hydrogens is 394 g/mol. The van der Waals surface area contributed by atoms with Crippen LogP contribution in [0.15, 0.2) is 60.7 Å². The Bertz CT molecular complexity index is 574. The Hall–Kier alpha value is -1.13. The van der Waals surface area contributed by atoms with Crippen molar-refractivity contribution in [3.05, 3.63) is 71.8 Å². The van der Waals surface area contributed by atoms with Crippen LogP contribution in [0.2, 0.25) is 0 Å². The molecule has 0 unspecified atom stereocenters. The first-order chi connectivity index (χ1) is 10.1. The third-order valence-electron chi connectivity index (χ3n) is 3.28. The van der Waals surface area contributed by atoms with E-state index in [9.17, 15) is 4.79 Å². The molecule has 0 aliphatic rings. The molecule has 1 N–H and O–H groups in total. The molecule has 0 aliphatic heterocycles. The highest BCUT2D eigenvalue weighted by Crippen LogP contribution is 2.31. The smallest absolute Gasteiger partial charge is 0.235 e. The van der Waals surface area contributed by atoms with E-state index in [0.29, 0.717) is 0 Å². The summed E-state index contributed by atoms with van der Waals surface area (Å²) in [5.74, 6) is -0.0305. The van der Waals surface area contributed by atoms with E-state index in [4.69, 9.17) is 0 Å². The van der Waals surface area contributed by atoms with Crippen molar-refractivity contribution in [2.45, 2.75) is 22.6 Å². The van der Waals surface area contributed by atoms with Crippen LogP contribution in [0, 0.1) is 0 Å². The highest BCUT2D eigenvalue weighted by molar-refractivity contribution is 9.12. The fraction of sp³-hybridized carbons (Fsp3) is 0.235. The zero-order chi connectivity index (χ0) is 15.2. The zero-order valence-electron chi connectivity index (χ0n) is 11.7. The molecule has 2 rings (SSSR count).